The first-order valence-electron chi connectivity index (χ1n) is 5.22. The van der Waals surface area contributed by atoms with E-state index in [9.17, 15) is 4.39 Å². The number of hydrogen-bond acceptors (Lipinski definition) is 1. The SMILES string of the molecule is NC1(c2ccccc2C2(F)CC2)CC1. The third-order valence-corrected chi connectivity index (χ3v) is 3.42. The van der Waals surface area contributed by atoms with Crippen LogP contribution < -0.4 is 5.73 Å². The number of nitrogens with two attached hydrogens (primary N) is 1. The van der Waals surface area contributed by atoms with Crippen molar-refractivity contribution in [3.05, 3.63) is 35.4 Å². The Morgan fingerprint density at radius 2 is 1.57 bits per heavy atom. The molecule has 2 aliphatic carbocycles. The maximum absolute atomic E-state index is 14.0. The summed E-state index contributed by atoms with van der Waals surface area (Å²) in [5.74, 6) is 0. The zero-order valence-electron chi connectivity index (χ0n) is 8.09. The summed E-state index contributed by atoms with van der Waals surface area (Å²) in [6, 6.07) is 7.75. The van der Waals surface area contributed by atoms with Crippen LogP contribution in [0.2, 0.25) is 0 Å². The minimum absolute atomic E-state index is 0.210. The number of halogens is 1. The molecule has 3 rings (SSSR count). The van der Waals surface area contributed by atoms with Gasteiger partial charge in [-0.2, -0.15) is 0 Å². The van der Waals surface area contributed by atoms with E-state index < -0.39 is 5.67 Å². The Morgan fingerprint density at radius 3 is 2.07 bits per heavy atom. The predicted molar refractivity (Wildman–Crippen MR) is 53.6 cm³/mol. The van der Waals surface area contributed by atoms with Gasteiger partial charge in [-0.25, -0.2) is 4.39 Å². The number of benzene rings is 1. The Hall–Kier alpha value is -0.890. The molecule has 14 heavy (non-hydrogen) atoms. The first-order chi connectivity index (χ1) is 6.64. The smallest absolute Gasteiger partial charge is 0.136 e. The van der Waals surface area contributed by atoms with Crippen LogP contribution in [-0.4, -0.2) is 0 Å². The second-order valence-corrected chi connectivity index (χ2v) is 4.67. The molecule has 2 aliphatic rings. The Kier molecular flexibility index (Phi) is 1.43. The molecule has 74 valence electrons. The molecule has 1 aromatic rings. The molecule has 0 heterocycles. The minimum atomic E-state index is -1.05. The van der Waals surface area contributed by atoms with Gasteiger partial charge in [-0.15, -0.1) is 0 Å². The van der Waals surface area contributed by atoms with E-state index in [1.54, 1.807) is 0 Å². The highest BCUT2D eigenvalue weighted by atomic mass is 19.1. The first-order valence-corrected chi connectivity index (χ1v) is 5.22. The summed E-state index contributed by atoms with van der Waals surface area (Å²) >= 11 is 0. The van der Waals surface area contributed by atoms with Gasteiger partial charge < -0.3 is 5.73 Å². The number of hydrogen-bond donors (Lipinski definition) is 1. The molecule has 0 bridgehead atoms. The fourth-order valence-corrected chi connectivity index (χ4v) is 2.09. The van der Waals surface area contributed by atoms with Gasteiger partial charge in [0.15, 0.2) is 0 Å². The molecule has 2 N–H and O–H groups in total. The highest BCUT2D eigenvalue weighted by molar-refractivity contribution is 5.43. The second kappa shape index (κ2) is 2.37. The van der Waals surface area contributed by atoms with Crippen LogP contribution in [0.1, 0.15) is 36.8 Å². The van der Waals surface area contributed by atoms with Gasteiger partial charge in [-0.05, 0) is 36.8 Å². The third-order valence-electron chi connectivity index (χ3n) is 3.42. The van der Waals surface area contributed by atoms with E-state index in [4.69, 9.17) is 5.73 Å². The quantitative estimate of drug-likeness (QED) is 0.764. The van der Waals surface area contributed by atoms with E-state index in [-0.39, 0.29) is 5.54 Å². The first kappa shape index (κ1) is 8.42. The van der Waals surface area contributed by atoms with Crippen molar-refractivity contribution in [1.29, 1.82) is 0 Å². The second-order valence-electron chi connectivity index (χ2n) is 4.67. The zero-order chi connectivity index (χ0) is 9.81. The minimum Gasteiger partial charge on any atom is -0.321 e. The molecule has 0 saturated heterocycles. The summed E-state index contributed by atoms with van der Waals surface area (Å²) in [5.41, 5.74) is 6.76. The van der Waals surface area contributed by atoms with Gasteiger partial charge in [-0.3, -0.25) is 0 Å². The summed E-state index contributed by atoms with van der Waals surface area (Å²) < 4.78 is 14.0. The highest BCUT2D eigenvalue weighted by Gasteiger charge is 2.50. The van der Waals surface area contributed by atoms with E-state index in [2.05, 4.69) is 0 Å². The Balaban J connectivity index is 2.10. The van der Waals surface area contributed by atoms with Gasteiger partial charge in [0, 0.05) is 5.54 Å². The lowest BCUT2D eigenvalue weighted by molar-refractivity contribution is 0.313. The molecule has 0 spiro atoms. The molecule has 0 atom stereocenters. The molecule has 1 nitrogen and oxygen atoms in total. The Morgan fingerprint density at radius 1 is 1.00 bits per heavy atom. The van der Waals surface area contributed by atoms with Gasteiger partial charge in [0.25, 0.3) is 0 Å². The summed E-state index contributed by atoms with van der Waals surface area (Å²) in [5, 5.41) is 0. The monoisotopic (exact) mass is 191 g/mol. The highest BCUT2D eigenvalue weighted by Crippen LogP contribution is 2.55. The molecule has 2 fully saturated rings. The molecular weight excluding hydrogens is 177 g/mol. The van der Waals surface area contributed by atoms with Crippen LogP contribution in [0, 0.1) is 0 Å². The third kappa shape index (κ3) is 1.10. The van der Waals surface area contributed by atoms with Crippen molar-refractivity contribution in [1.82, 2.24) is 0 Å². The van der Waals surface area contributed by atoms with Crippen LogP contribution >= 0.6 is 0 Å². The van der Waals surface area contributed by atoms with Crippen LogP contribution in [0.25, 0.3) is 0 Å². The fraction of sp³-hybridized carbons (Fsp3) is 0.500. The van der Waals surface area contributed by atoms with Gasteiger partial charge >= 0.3 is 0 Å². The van der Waals surface area contributed by atoms with Crippen molar-refractivity contribution in [2.45, 2.75) is 36.9 Å². The average Bonchev–Trinajstić information content (AvgIpc) is 3.08. The molecule has 2 heteroatoms. The van der Waals surface area contributed by atoms with Gasteiger partial charge in [-0.1, -0.05) is 24.3 Å². The summed E-state index contributed by atoms with van der Waals surface area (Å²) in [6.45, 7) is 0. The van der Waals surface area contributed by atoms with Gasteiger partial charge in [0.2, 0.25) is 0 Å². The number of rotatable bonds is 2. The van der Waals surface area contributed by atoms with Crippen LogP contribution in [0.15, 0.2) is 24.3 Å². The zero-order valence-corrected chi connectivity index (χ0v) is 8.09. The van der Waals surface area contributed by atoms with Crippen molar-refractivity contribution < 1.29 is 4.39 Å². The summed E-state index contributed by atoms with van der Waals surface area (Å²) in [6.07, 6.45) is 3.33. The normalized spacial score (nSPS) is 25.9. The topological polar surface area (TPSA) is 26.0 Å². The van der Waals surface area contributed by atoms with E-state index in [1.807, 2.05) is 24.3 Å². The standard InChI is InChI=1S/C12H14FN/c13-11(5-6-11)9-3-1-2-4-10(9)12(14)7-8-12/h1-4H,5-8,14H2. The lowest BCUT2D eigenvalue weighted by Crippen LogP contribution is -2.22. The predicted octanol–water partition coefficient (Wildman–Crippen LogP) is 2.59. The van der Waals surface area contributed by atoms with Crippen molar-refractivity contribution in [2.75, 3.05) is 0 Å². The van der Waals surface area contributed by atoms with Crippen LogP contribution in [-0.2, 0) is 11.2 Å². The maximum atomic E-state index is 14.0. The maximum Gasteiger partial charge on any atom is 0.136 e. The van der Waals surface area contributed by atoms with E-state index in [0.717, 1.165) is 24.0 Å². The lowest BCUT2D eigenvalue weighted by atomic mass is 9.95. The molecule has 0 aliphatic heterocycles. The molecule has 0 amide bonds. The van der Waals surface area contributed by atoms with E-state index in [1.165, 1.54) is 0 Å². The summed E-state index contributed by atoms with van der Waals surface area (Å²) in [4.78, 5) is 0. The van der Waals surface area contributed by atoms with Crippen molar-refractivity contribution in [3.8, 4) is 0 Å². The van der Waals surface area contributed by atoms with Crippen LogP contribution in [0.4, 0.5) is 4.39 Å². The van der Waals surface area contributed by atoms with Crippen molar-refractivity contribution in [2.24, 2.45) is 5.73 Å². The van der Waals surface area contributed by atoms with Crippen molar-refractivity contribution in [3.63, 3.8) is 0 Å². The van der Waals surface area contributed by atoms with Gasteiger partial charge in [0.1, 0.15) is 5.67 Å². The van der Waals surface area contributed by atoms with Gasteiger partial charge in [0.05, 0.1) is 0 Å². The Labute approximate surface area is 83.1 Å². The Bertz CT molecular complexity index is 341. The van der Waals surface area contributed by atoms with Crippen LogP contribution in [0.5, 0.6) is 0 Å². The molecule has 0 unspecified atom stereocenters. The van der Waals surface area contributed by atoms with Crippen LogP contribution in [0.3, 0.4) is 0 Å². The number of alkyl halides is 1. The van der Waals surface area contributed by atoms with E-state index >= 15 is 0 Å². The molecule has 2 saturated carbocycles. The fourth-order valence-electron chi connectivity index (χ4n) is 2.09. The summed E-state index contributed by atoms with van der Waals surface area (Å²) in [7, 11) is 0. The molecule has 1 aromatic carbocycles. The molecule has 0 radical (unpaired) electrons. The largest absolute Gasteiger partial charge is 0.321 e. The lowest BCUT2D eigenvalue weighted by Gasteiger charge is -2.17. The van der Waals surface area contributed by atoms with E-state index in [0.29, 0.717) is 12.8 Å². The molecule has 0 aromatic heterocycles. The molecular formula is C12H14FN. The van der Waals surface area contributed by atoms with Crippen molar-refractivity contribution >= 4 is 0 Å². The average molecular weight is 191 g/mol.